The number of rotatable bonds is 8. The molecular weight excluding hydrogens is 417 g/mol. The van der Waals surface area contributed by atoms with Crippen molar-refractivity contribution in [2.45, 2.75) is 25.2 Å². The maximum atomic E-state index is 14.2. The van der Waals surface area contributed by atoms with Crippen LogP contribution in [0.4, 0.5) is 10.1 Å². The van der Waals surface area contributed by atoms with Gasteiger partial charge in [-0.25, -0.2) is 12.8 Å². The van der Waals surface area contributed by atoms with Crippen molar-refractivity contribution in [2.75, 3.05) is 44.2 Å². The van der Waals surface area contributed by atoms with E-state index in [0.717, 1.165) is 16.1 Å². The van der Waals surface area contributed by atoms with Gasteiger partial charge >= 0.3 is 0 Å². The van der Waals surface area contributed by atoms with Gasteiger partial charge in [-0.3, -0.25) is 4.79 Å². The maximum Gasteiger partial charge on any atom is 0.246 e. The van der Waals surface area contributed by atoms with Crippen LogP contribution in [0.5, 0.6) is 0 Å². The molecule has 0 aliphatic carbocycles. The molecule has 8 heteroatoms. The number of anilines is 1. The Bertz CT molecular complexity index is 975. The second-order valence-corrected chi connectivity index (χ2v) is 10.1. The molecule has 6 nitrogen and oxygen atoms in total. The lowest BCUT2D eigenvalue weighted by Crippen LogP contribution is -2.52. The van der Waals surface area contributed by atoms with E-state index in [1.165, 1.54) is 18.2 Å². The fourth-order valence-corrected chi connectivity index (χ4v) is 5.05. The molecule has 1 aliphatic heterocycles. The van der Waals surface area contributed by atoms with Crippen molar-refractivity contribution < 1.29 is 17.6 Å². The summed E-state index contributed by atoms with van der Waals surface area (Å²) in [5.74, 6) is -0.805. The Morgan fingerprint density at radius 3 is 2.23 bits per heavy atom. The molecule has 0 aromatic heterocycles. The molecule has 0 saturated carbocycles. The molecule has 1 heterocycles. The minimum Gasteiger partial charge on any atom is -0.368 e. The molecular formula is C23H30FN3O3S. The van der Waals surface area contributed by atoms with Gasteiger partial charge in [-0.1, -0.05) is 44.2 Å². The zero-order valence-electron chi connectivity index (χ0n) is 18.1. The van der Waals surface area contributed by atoms with Crippen LogP contribution < -0.4 is 4.90 Å². The van der Waals surface area contributed by atoms with Crippen molar-refractivity contribution in [1.82, 2.24) is 9.21 Å². The van der Waals surface area contributed by atoms with Crippen molar-refractivity contribution in [1.29, 1.82) is 0 Å². The minimum atomic E-state index is -4.11. The largest absolute Gasteiger partial charge is 0.368 e. The van der Waals surface area contributed by atoms with Crippen molar-refractivity contribution >= 4 is 21.6 Å². The van der Waals surface area contributed by atoms with Crippen LogP contribution in [0.25, 0.3) is 0 Å². The highest BCUT2D eigenvalue weighted by Gasteiger charge is 2.31. The lowest BCUT2D eigenvalue weighted by Gasteiger charge is -2.37. The van der Waals surface area contributed by atoms with Gasteiger partial charge in [-0.05, 0) is 36.6 Å². The van der Waals surface area contributed by atoms with Crippen LogP contribution in [0, 0.1) is 11.7 Å². The number of benzene rings is 2. The smallest absolute Gasteiger partial charge is 0.246 e. The van der Waals surface area contributed by atoms with E-state index in [1.54, 1.807) is 4.90 Å². The molecule has 2 aromatic rings. The van der Waals surface area contributed by atoms with E-state index in [2.05, 4.69) is 4.90 Å². The number of halogens is 1. The first-order chi connectivity index (χ1) is 14.8. The number of carbonyl (C=O) groups excluding carboxylic acids is 1. The Morgan fingerprint density at radius 1 is 1.00 bits per heavy atom. The number of carbonyl (C=O) groups is 1. The van der Waals surface area contributed by atoms with Gasteiger partial charge < -0.3 is 9.80 Å². The summed E-state index contributed by atoms with van der Waals surface area (Å²) in [7, 11) is -4.11. The molecule has 0 spiro atoms. The monoisotopic (exact) mass is 447 g/mol. The molecule has 2 aromatic carbocycles. The summed E-state index contributed by atoms with van der Waals surface area (Å²) in [6, 6.07) is 15.3. The molecule has 1 aliphatic rings. The maximum absolute atomic E-state index is 14.2. The first kappa shape index (κ1) is 23.2. The van der Waals surface area contributed by atoms with E-state index in [-0.39, 0.29) is 29.8 Å². The highest BCUT2D eigenvalue weighted by atomic mass is 32.2. The molecule has 3 rings (SSSR count). The van der Waals surface area contributed by atoms with Crippen LogP contribution in [-0.4, -0.2) is 62.8 Å². The van der Waals surface area contributed by atoms with Crippen LogP contribution in [0.1, 0.15) is 20.3 Å². The Hall–Kier alpha value is -2.45. The van der Waals surface area contributed by atoms with Crippen LogP contribution in [0.15, 0.2) is 59.5 Å². The molecule has 0 atom stereocenters. The van der Waals surface area contributed by atoms with Crippen LogP contribution >= 0.6 is 0 Å². The van der Waals surface area contributed by atoms with Crippen molar-refractivity contribution in [3.63, 3.8) is 0 Å². The molecule has 31 heavy (non-hydrogen) atoms. The summed E-state index contributed by atoms with van der Waals surface area (Å²) >= 11 is 0. The number of hydrogen-bond donors (Lipinski definition) is 0. The van der Waals surface area contributed by atoms with Gasteiger partial charge in [0.25, 0.3) is 0 Å². The fraction of sp³-hybridized carbons (Fsp3) is 0.435. The third-order valence-electron chi connectivity index (χ3n) is 5.48. The zero-order valence-corrected chi connectivity index (χ0v) is 18.9. The van der Waals surface area contributed by atoms with Gasteiger partial charge in [0, 0.05) is 38.4 Å². The molecule has 0 unspecified atom stereocenters. The van der Waals surface area contributed by atoms with Gasteiger partial charge in [0.15, 0.2) is 0 Å². The Kier molecular flexibility index (Phi) is 7.67. The highest BCUT2D eigenvalue weighted by molar-refractivity contribution is 7.89. The molecule has 1 amide bonds. The summed E-state index contributed by atoms with van der Waals surface area (Å²) in [5, 5.41) is 0. The lowest BCUT2D eigenvalue weighted by molar-refractivity contribution is -0.131. The van der Waals surface area contributed by atoms with Gasteiger partial charge in [0.05, 0.1) is 6.54 Å². The fourth-order valence-electron chi connectivity index (χ4n) is 3.58. The van der Waals surface area contributed by atoms with E-state index in [9.17, 15) is 17.6 Å². The minimum absolute atomic E-state index is 0.171. The van der Waals surface area contributed by atoms with Crippen molar-refractivity contribution in [2.24, 2.45) is 5.92 Å². The Balaban J connectivity index is 1.70. The van der Waals surface area contributed by atoms with E-state index in [1.807, 2.05) is 44.2 Å². The van der Waals surface area contributed by atoms with E-state index >= 15 is 0 Å². The van der Waals surface area contributed by atoms with Crippen molar-refractivity contribution in [3.8, 4) is 0 Å². The number of piperazine rings is 1. The standard InChI is InChI=1S/C23H30FN3O3S/c1-19(2)12-13-27(31(29,30)22-11-7-6-10-21(22)24)18-23(28)26-16-14-25(15-17-26)20-8-4-3-5-9-20/h3-11,19H,12-18H2,1-2H3. The summed E-state index contributed by atoms with van der Waals surface area (Å²) < 4.78 is 41.6. The van der Waals surface area contributed by atoms with Gasteiger partial charge in [0.1, 0.15) is 10.7 Å². The van der Waals surface area contributed by atoms with Crippen LogP contribution in [-0.2, 0) is 14.8 Å². The molecule has 1 fully saturated rings. The van der Waals surface area contributed by atoms with Gasteiger partial charge in [-0.2, -0.15) is 4.31 Å². The molecule has 0 N–H and O–H groups in total. The predicted molar refractivity (Wildman–Crippen MR) is 120 cm³/mol. The number of para-hydroxylation sites is 1. The van der Waals surface area contributed by atoms with Crippen molar-refractivity contribution in [3.05, 3.63) is 60.4 Å². The Morgan fingerprint density at radius 2 is 1.61 bits per heavy atom. The number of nitrogens with zero attached hydrogens (tertiary/aromatic N) is 3. The number of hydrogen-bond acceptors (Lipinski definition) is 4. The predicted octanol–water partition coefficient (Wildman–Crippen LogP) is 3.21. The first-order valence-electron chi connectivity index (χ1n) is 10.6. The highest BCUT2D eigenvalue weighted by Crippen LogP contribution is 2.21. The van der Waals surface area contributed by atoms with E-state index < -0.39 is 15.8 Å². The first-order valence-corrected chi connectivity index (χ1v) is 12.1. The third kappa shape index (κ3) is 5.83. The quantitative estimate of drug-likeness (QED) is 0.624. The summed E-state index contributed by atoms with van der Waals surface area (Å²) in [5.41, 5.74) is 1.11. The molecule has 1 saturated heterocycles. The SMILES string of the molecule is CC(C)CCN(CC(=O)N1CCN(c2ccccc2)CC1)S(=O)(=O)c1ccccc1F. The van der Waals surface area contributed by atoms with E-state index in [4.69, 9.17) is 0 Å². The summed E-state index contributed by atoms with van der Waals surface area (Å²) in [4.78, 5) is 16.5. The van der Waals surface area contributed by atoms with Crippen LogP contribution in [0.2, 0.25) is 0 Å². The molecule has 0 bridgehead atoms. The second-order valence-electron chi connectivity index (χ2n) is 8.15. The summed E-state index contributed by atoms with van der Waals surface area (Å²) in [6.07, 6.45) is 0.586. The van der Waals surface area contributed by atoms with E-state index in [0.29, 0.717) is 32.6 Å². The Labute approximate surface area is 184 Å². The molecule has 0 radical (unpaired) electrons. The normalized spacial score (nSPS) is 15.0. The van der Waals surface area contributed by atoms with Crippen LogP contribution in [0.3, 0.4) is 0 Å². The zero-order chi connectivity index (χ0) is 22.4. The lowest BCUT2D eigenvalue weighted by atomic mass is 10.1. The number of sulfonamides is 1. The average Bonchev–Trinajstić information content (AvgIpc) is 2.77. The van der Waals surface area contributed by atoms with Gasteiger partial charge in [-0.15, -0.1) is 0 Å². The second kappa shape index (κ2) is 10.2. The number of amides is 1. The third-order valence-corrected chi connectivity index (χ3v) is 7.35. The average molecular weight is 448 g/mol. The topological polar surface area (TPSA) is 60.9 Å². The molecule has 168 valence electrons. The summed E-state index contributed by atoms with van der Waals surface area (Å²) in [6.45, 7) is 6.26. The van der Waals surface area contributed by atoms with Gasteiger partial charge in [0.2, 0.25) is 15.9 Å².